The lowest BCUT2D eigenvalue weighted by Crippen LogP contribution is -2.44. The number of nitrogens with zero attached hydrogens (tertiary/aromatic N) is 1. The van der Waals surface area contributed by atoms with Gasteiger partial charge in [0.25, 0.3) is 0 Å². The maximum absolute atomic E-state index is 11.5. The minimum atomic E-state index is -0.871. The molecule has 0 unspecified atom stereocenters. The average molecular weight is 253 g/mol. The molecule has 3 N–H and O–H groups in total. The van der Waals surface area contributed by atoms with Crippen molar-refractivity contribution in [3.05, 3.63) is 12.3 Å². The fourth-order valence-electron chi connectivity index (χ4n) is 1.99. The molecule has 98 valence electrons. The van der Waals surface area contributed by atoms with Gasteiger partial charge in [-0.15, -0.1) is 0 Å². The number of amides is 2. The van der Waals surface area contributed by atoms with Crippen molar-refractivity contribution in [1.82, 2.24) is 10.5 Å². The predicted octanol–water partition coefficient (Wildman–Crippen LogP) is 0.0344. The van der Waals surface area contributed by atoms with Crippen LogP contribution in [0.2, 0.25) is 0 Å². The second kappa shape index (κ2) is 5.18. The fourth-order valence-corrected chi connectivity index (χ4v) is 1.99. The molecule has 1 aliphatic rings. The largest absolute Gasteiger partial charge is 0.388 e. The highest BCUT2D eigenvalue weighted by atomic mass is 16.5. The Morgan fingerprint density at radius 3 is 2.72 bits per heavy atom. The number of rotatable bonds is 3. The lowest BCUT2D eigenvalue weighted by Gasteiger charge is -2.21. The van der Waals surface area contributed by atoms with Gasteiger partial charge in [0.05, 0.1) is 5.60 Å². The van der Waals surface area contributed by atoms with Gasteiger partial charge in [0.1, 0.15) is 6.26 Å². The van der Waals surface area contributed by atoms with Crippen LogP contribution in [0.5, 0.6) is 0 Å². The topological polar surface area (TPSA) is 104 Å². The van der Waals surface area contributed by atoms with Crippen LogP contribution in [0.1, 0.15) is 25.7 Å². The summed E-state index contributed by atoms with van der Waals surface area (Å²) in [5.74, 6) is -1.45. The van der Waals surface area contributed by atoms with Crippen molar-refractivity contribution in [2.24, 2.45) is 0 Å². The van der Waals surface area contributed by atoms with Crippen LogP contribution < -0.4 is 10.6 Å². The molecule has 18 heavy (non-hydrogen) atoms. The van der Waals surface area contributed by atoms with Gasteiger partial charge in [-0.1, -0.05) is 18.0 Å². The second-order valence-corrected chi connectivity index (χ2v) is 4.45. The summed E-state index contributed by atoms with van der Waals surface area (Å²) in [7, 11) is 0. The highest BCUT2D eigenvalue weighted by Gasteiger charge is 2.32. The van der Waals surface area contributed by atoms with E-state index in [4.69, 9.17) is 0 Å². The van der Waals surface area contributed by atoms with Crippen molar-refractivity contribution in [3.8, 4) is 0 Å². The summed E-state index contributed by atoms with van der Waals surface area (Å²) in [5.41, 5.74) is -0.871. The molecule has 0 aromatic carbocycles. The molecule has 1 fully saturated rings. The summed E-state index contributed by atoms with van der Waals surface area (Å²) >= 11 is 0. The molecule has 0 saturated heterocycles. The van der Waals surface area contributed by atoms with E-state index in [2.05, 4.69) is 20.3 Å². The minimum Gasteiger partial charge on any atom is -0.388 e. The van der Waals surface area contributed by atoms with Gasteiger partial charge < -0.3 is 14.9 Å². The Morgan fingerprint density at radius 2 is 2.11 bits per heavy atom. The monoisotopic (exact) mass is 253 g/mol. The SMILES string of the molecule is O=C(NCC1(O)CCCC1)C(=O)Nc1ccon1. The Hall–Kier alpha value is -1.89. The van der Waals surface area contributed by atoms with E-state index in [9.17, 15) is 14.7 Å². The molecule has 1 heterocycles. The van der Waals surface area contributed by atoms with E-state index in [0.29, 0.717) is 12.8 Å². The molecule has 7 nitrogen and oxygen atoms in total. The molecule has 0 spiro atoms. The van der Waals surface area contributed by atoms with Crippen molar-refractivity contribution in [2.45, 2.75) is 31.3 Å². The van der Waals surface area contributed by atoms with Crippen LogP contribution in [-0.4, -0.2) is 34.2 Å². The standard InChI is InChI=1S/C11H15N3O4/c15-9(10(16)13-8-3-6-18-14-8)12-7-11(17)4-1-2-5-11/h3,6,17H,1-2,4-5,7H2,(H,12,15)(H,13,14,16). The first-order valence-corrected chi connectivity index (χ1v) is 5.81. The maximum Gasteiger partial charge on any atom is 0.314 e. The van der Waals surface area contributed by atoms with Crippen LogP contribution in [-0.2, 0) is 9.59 Å². The van der Waals surface area contributed by atoms with Gasteiger partial charge in [0, 0.05) is 12.6 Å². The molecule has 1 aromatic heterocycles. The van der Waals surface area contributed by atoms with E-state index in [-0.39, 0.29) is 12.4 Å². The molecule has 0 aliphatic heterocycles. The Bertz CT molecular complexity index is 424. The van der Waals surface area contributed by atoms with E-state index >= 15 is 0 Å². The Labute approximate surface area is 104 Å². The number of carbonyl (C=O) groups is 2. The Kier molecular flexibility index (Phi) is 3.61. The van der Waals surface area contributed by atoms with Crippen LogP contribution in [0.25, 0.3) is 0 Å². The third kappa shape index (κ3) is 3.07. The van der Waals surface area contributed by atoms with E-state index in [1.54, 1.807) is 0 Å². The molecule has 1 aromatic rings. The molecule has 0 radical (unpaired) electrons. The van der Waals surface area contributed by atoms with E-state index in [0.717, 1.165) is 12.8 Å². The lowest BCUT2D eigenvalue weighted by molar-refractivity contribution is -0.136. The first kappa shape index (κ1) is 12.6. The Balaban J connectivity index is 1.79. The number of hydrogen-bond donors (Lipinski definition) is 3. The number of anilines is 1. The molecule has 0 bridgehead atoms. The van der Waals surface area contributed by atoms with Gasteiger partial charge in [0.15, 0.2) is 5.82 Å². The van der Waals surface area contributed by atoms with Crippen molar-refractivity contribution in [1.29, 1.82) is 0 Å². The summed E-state index contributed by atoms with van der Waals surface area (Å²) < 4.78 is 4.52. The summed E-state index contributed by atoms with van der Waals surface area (Å²) in [4.78, 5) is 22.9. The molecule has 2 rings (SSSR count). The minimum absolute atomic E-state index is 0.0953. The van der Waals surface area contributed by atoms with E-state index in [1.165, 1.54) is 12.3 Å². The predicted molar refractivity (Wildman–Crippen MR) is 61.6 cm³/mol. The van der Waals surface area contributed by atoms with Crippen LogP contribution >= 0.6 is 0 Å². The van der Waals surface area contributed by atoms with Crippen LogP contribution in [0.4, 0.5) is 5.82 Å². The first-order chi connectivity index (χ1) is 8.59. The second-order valence-electron chi connectivity index (χ2n) is 4.45. The van der Waals surface area contributed by atoms with Crippen molar-refractivity contribution < 1.29 is 19.2 Å². The highest BCUT2D eigenvalue weighted by Crippen LogP contribution is 2.28. The number of aliphatic hydroxyl groups is 1. The van der Waals surface area contributed by atoms with Crippen LogP contribution in [0.15, 0.2) is 16.9 Å². The molecular weight excluding hydrogens is 238 g/mol. The maximum atomic E-state index is 11.5. The number of nitrogens with one attached hydrogen (secondary N) is 2. The lowest BCUT2D eigenvalue weighted by atomic mass is 10.0. The van der Waals surface area contributed by atoms with Crippen molar-refractivity contribution in [2.75, 3.05) is 11.9 Å². The smallest absolute Gasteiger partial charge is 0.314 e. The van der Waals surface area contributed by atoms with Crippen molar-refractivity contribution in [3.63, 3.8) is 0 Å². The third-order valence-corrected chi connectivity index (χ3v) is 3.00. The van der Waals surface area contributed by atoms with Crippen LogP contribution in [0, 0.1) is 0 Å². The van der Waals surface area contributed by atoms with Crippen LogP contribution in [0.3, 0.4) is 0 Å². The molecular formula is C11H15N3O4. The first-order valence-electron chi connectivity index (χ1n) is 5.81. The summed E-state index contributed by atoms with van der Waals surface area (Å²) in [6, 6.07) is 1.43. The van der Waals surface area contributed by atoms with Crippen molar-refractivity contribution >= 4 is 17.6 Å². The summed E-state index contributed by atoms with van der Waals surface area (Å²) in [6.07, 6.45) is 4.47. The molecule has 1 saturated carbocycles. The molecule has 0 atom stereocenters. The number of carbonyl (C=O) groups excluding carboxylic acids is 2. The normalized spacial score (nSPS) is 17.4. The highest BCUT2D eigenvalue weighted by molar-refractivity contribution is 6.39. The zero-order valence-electron chi connectivity index (χ0n) is 9.81. The van der Waals surface area contributed by atoms with E-state index < -0.39 is 17.4 Å². The number of hydrogen-bond acceptors (Lipinski definition) is 5. The quantitative estimate of drug-likeness (QED) is 0.659. The van der Waals surface area contributed by atoms with Gasteiger partial charge in [-0.3, -0.25) is 14.9 Å². The summed E-state index contributed by atoms with van der Waals surface area (Å²) in [6.45, 7) is 0.0953. The fraction of sp³-hybridized carbons (Fsp3) is 0.545. The number of aromatic nitrogens is 1. The van der Waals surface area contributed by atoms with Gasteiger partial charge in [-0.05, 0) is 12.8 Å². The Morgan fingerprint density at radius 1 is 1.39 bits per heavy atom. The van der Waals surface area contributed by atoms with Gasteiger partial charge in [0.2, 0.25) is 0 Å². The zero-order chi connectivity index (χ0) is 13.0. The van der Waals surface area contributed by atoms with E-state index in [1.807, 2.05) is 0 Å². The van der Waals surface area contributed by atoms with Gasteiger partial charge in [-0.25, -0.2) is 0 Å². The molecule has 7 heteroatoms. The van der Waals surface area contributed by atoms with Gasteiger partial charge in [-0.2, -0.15) is 0 Å². The third-order valence-electron chi connectivity index (χ3n) is 3.00. The van der Waals surface area contributed by atoms with Gasteiger partial charge >= 0.3 is 11.8 Å². The average Bonchev–Trinajstić information content (AvgIpc) is 2.98. The molecule has 2 amide bonds. The summed E-state index contributed by atoms with van der Waals surface area (Å²) in [5, 5.41) is 18.1. The zero-order valence-corrected chi connectivity index (χ0v) is 9.81. The molecule has 1 aliphatic carbocycles.